The normalized spacial score (nSPS) is 23.9. The van der Waals surface area contributed by atoms with E-state index in [0.717, 1.165) is 21.9 Å². The van der Waals surface area contributed by atoms with Gasteiger partial charge in [0.25, 0.3) is 0 Å². The van der Waals surface area contributed by atoms with Gasteiger partial charge in [-0.1, -0.05) is 13.3 Å². The van der Waals surface area contributed by atoms with Crippen molar-refractivity contribution in [1.82, 2.24) is 4.90 Å². The second-order valence-corrected chi connectivity index (χ2v) is 9.24. The molecule has 0 saturated carbocycles. The fraction of sp³-hybridized carbons (Fsp3) is 0.667. The van der Waals surface area contributed by atoms with Crippen LogP contribution in [0.5, 0.6) is 0 Å². The van der Waals surface area contributed by atoms with Crippen molar-refractivity contribution >= 4 is 45.5 Å². The van der Waals surface area contributed by atoms with Crippen LogP contribution in [0.2, 0.25) is 0 Å². The molecule has 1 atom stereocenters. The van der Waals surface area contributed by atoms with Gasteiger partial charge in [0.2, 0.25) is 5.11 Å². The number of nitrogens with zero attached hydrogens (tertiary/aromatic N) is 3. The maximum absolute atomic E-state index is 4.58. The van der Waals surface area contributed by atoms with Gasteiger partial charge in [-0.2, -0.15) is 4.99 Å². The van der Waals surface area contributed by atoms with Gasteiger partial charge in [0.05, 0.1) is 5.04 Å². The van der Waals surface area contributed by atoms with Crippen molar-refractivity contribution in [1.29, 1.82) is 0 Å². The molecular weight excluding hydrogens is 246 g/mol. The predicted molar refractivity (Wildman–Crippen MR) is 75.9 cm³/mol. The predicted octanol–water partition coefficient (Wildman–Crippen LogP) is 3.17. The van der Waals surface area contributed by atoms with Gasteiger partial charge in [-0.15, -0.1) is 0 Å². The lowest BCUT2D eigenvalue weighted by Gasteiger charge is -2.17. The molecule has 0 amide bonds. The van der Waals surface area contributed by atoms with Crippen LogP contribution in [0, 0.1) is 0 Å². The van der Waals surface area contributed by atoms with E-state index in [1.165, 1.54) is 12.8 Å². The molecule has 6 heteroatoms. The van der Waals surface area contributed by atoms with Crippen LogP contribution in [0.1, 0.15) is 26.7 Å². The first-order valence-electron chi connectivity index (χ1n) is 5.03. The summed E-state index contributed by atoms with van der Waals surface area (Å²) in [5, 5.41) is 3.33. The Kier molecular flexibility index (Phi) is 3.79. The second-order valence-electron chi connectivity index (χ2n) is 3.48. The molecule has 3 nitrogen and oxygen atoms in total. The van der Waals surface area contributed by atoms with Crippen molar-refractivity contribution in [3.05, 3.63) is 0 Å². The highest BCUT2D eigenvalue weighted by molar-refractivity contribution is 9.21. The highest BCUT2D eigenvalue weighted by Crippen LogP contribution is 2.53. The van der Waals surface area contributed by atoms with Crippen molar-refractivity contribution in [3.8, 4) is 0 Å². The van der Waals surface area contributed by atoms with Crippen LogP contribution >= 0.6 is 30.1 Å². The van der Waals surface area contributed by atoms with Crippen LogP contribution < -0.4 is 0 Å². The molecule has 0 fully saturated rings. The Morgan fingerprint density at radius 1 is 1.33 bits per heavy atom. The Labute approximate surface area is 101 Å². The van der Waals surface area contributed by atoms with Gasteiger partial charge in [-0.3, -0.25) is 0 Å². The van der Waals surface area contributed by atoms with E-state index in [1.54, 1.807) is 0 Å². The highest BCUT2D eigenvalue weighted by Gasteiger charge is 2.25. The van der Waals surface area contributed by atoms with Gasteiger partial charge >= 0.3 is 0 Å². The molecule has 2 heterocycles. The molecule has 0 spiro atoms. The average Bonchev–Trinajstić information content (AvgIpc) is 2.70. The van der Waals surface area contributed by atoms with Gasteiger partial charge < -0.3 is 4.90 Å². The van der Waals surface area contributed by atoms with Crippen molar-refractivity contribution in [2.24, 2.45) is 9.98 Å². The molecule has 84 valence electrons. The van der Waals surface area contributed by atoms with E-state index in [2.05, 4.69) is 35.8 Å². The van der Waals surface area contributed by atoms with Gasteiger partial charge in [-0.25, -0.2) is 4.99 Å². The number of hydrogen-bond acceptors (Lipinski definition) is 5. The lowest BCUT2D eigenvalue weighted by atomic mass is 10.3. The van der Waals surface area contributed by atoms with Gasteiger partial charge in [0, 0.05) is 13.6 Å². The Morgan fingerprint density at radius 2 is 2.13 bits per heavy atom. The van der Waals surface area contributed by atoms with Gasteiger partial charge in [0.15, 0.2) is 5.17 Å². The monoisotopic (exact) mass is 261 g/mol. The standard InChI is InChI=1S/C9H15N3S3/c1-4-5-6-12(3)9-11-8-10-7(2)13-15(8)14-9/h4-6H2,1-3H3. The molecule has 0 bridgehead atoms. The summed E-state index contributed by atoms with van der Waals surface area (Å²) in [5.41, 5.74) is 0. The Morgan fingerprint density at radius 3 is 2.80 bits per heavy atom. The molecule has 0 radical (unpaired) electrons. The molecule has 0 aromatic heterocycles. The molecule has 0 N–H and O–H groups in total. The minimum absolute atomic E-state index is 0.147. The third-order valence-corrected chi connectivity index (χ3v) is 7.98. The summed E-state index contributed by atoms with van der Waals surface area (Å²) < 4.78 is 0. The first-order chi connectivity index (χ1) is 7.20. The lowest BCUT2D eigenvalue weighted by Crippen LogP contribution is -2.24. The third-order valence-electron chi connectivity index (χ3n) is 2.11. The smallest absolute Gasteiger partial charge is 0.201 e. The summed E-state index contributed by atoms with van der Waals surface area (Å²) in [6.07, 6.45) is 2.46. The first-order valence-corrected chi connectivity index (χ1v) is 8.93. The number of unbranched alkanes of at least 4 members (excludes halogenated alkanes) is 1. The molecule has 15 heavy (non-hydrogen) atoms. The van der Waals surface area contributed by atoms with Crippen molar-refractivity contribution < 1.29 is 0 Å². The SMILES string of the molecule is CCCCN(C)C1=NC2=S(SC(C)=N2)S1. The van der Waals surface area contributed by atoms with E-state index in [0.29, 0.717) is 0 Å². The van der Waals surface area contributed by atoms with E-state index in [-0.39, 0.29) is 8.55 Å². The fourth-order valence-corrected chi connectivity index (χ4v) is 7.16. The molecule has 2 aliphatic rings. The number of amidine groups is 1. The zero-order chi connectivity index (χ0) is 10.8. The maximum atomic E-state index is 4.58. The van der Waals surface area contributed by atoms with Gasteiger partial charge in [0.1, 0.15) is 0 Å². The van der Waals surface area contributed by atoms with Crippen LogP contribution in [0.15, 0.2) is 9.98 Å². The molecule has 0 aliphatic carbocycles. The molecule has 2 rings (SSSR count). The zero-order valence-electron chi connectivity index (χ0n) is 9.19. The Bertz CT molecular complexity index is 360. The summed E-state index contributed by atoms with van der Waals surface area (Å²) in [6, 6.07) is 0. The third kappa shape index (κ3) is 2.60. The summed E-state index contributed by atoms with van der Waals surface area (Å²) >= 11 is 0. The van der Waals surface area contributed by atoms with E-state index >= 15 is 0 Å². The van der Waals surface area contributed by atoms with Gasteiger partial charge in [-0.05, 0) is 43.5 Å². The summed E-state index contributed by atoms with van der Waals surface area (Å²) in [5.74, 6) is 0. The van der Waals surface area contributed by atoms with Crippen LogP contribution in [0.25, 0.3) is 0 Å². The lowest BCUT2D eigenvalue weighted by molar-refractivity contribution is 0.494. The number of hydrogen-bond donors (Lipinski definition) is 0. The van der Waals surface area contributed by atoms with E-state index < -0.39 is 0 Å². The Hall–Kier alpha value is 0.0600. The summed E-state index contributed by atoms with van der Waals surface area (Å²) in [4.78, 5) is 11.3. The highest BCUT2D eigenvalue weighted by atomic mass is 33.5. The number of aliphatic imine (C=N–C) groups is 2. The van der Waals surface area contributed by atoms with Crippen molar-refractivity contribution in [2.45, 2.75) is 26.7 Å². The molecule has 2 aliphatic heterocycles. The second kappa shape index (κ2) is 4.93. The molecular formula is C9H15N3S3. The van der Waals surface area contributed by atoms with E-state index in [9.17, 15) is 0 Å². The first kappa shape index (κ1) is 11.5. The van der Waals surface area contributed by atoms with Crippen molar-refractivity contribution in [2.75, 3.05) is 13.6 Å². The van der Waals surface area contributed by atoms with Crippen LogP contribution in [-0.2, 0) is 0 Å². The molecule has 0 aromatic rings. The van der Waals surface area contributed by atoms with Crippen LogP contribution in [0.4, 0.5) is 0 Å². The zero-order valence-corrected chi connectivity index (χ0v) is 11.6. The minimum Gasteiger partial charge on any atom is -0.353 e. The quantitative estimate of drug-likeness (QED) is 0.577. The number of rotatable bonds is 3. The molecule has 1 unspecified atom stereocenters. The Balaban J connectivity index is 1.96. The summed E-state index contributed by atoms with van der Waals surface area (Å²) in [6.45, 7) is 5.37. The van der Waals surface area contributed by atoms with E-state index in [1.807, 2.05) is 21.6 Å². The molecule has 0 saturated heterocycles. The average molecular weight is 261 g/mol. The van der Waals surface area contributed by atoms with Crippen LogP contribution in [0.3, 0.4) is 0 Å². The fourth-order valence-electron chi connectivity index (χ4n) is 1.26. The topological polar surface area (TPSA) is 28.0 Å². The van der Waals surface area contributed by atoms with Crippen LogP contribution in [-0.4, -0.2) is 33.8 Å². The van der Waals surface area contributed by atoms with E-state index in [4.69, 9.17) is 0 Å². The largest absolute Gasteiger partial charge is 0.353 e. The minimum atomic E-state index is 0.147. The summed E-state index contributed by atoms with van der Waals surface area (Å²) in [7, 11) is 5.97. The maximum Gasteiger partial charge on any atom is 0.201 e. The molecule has 0 aromatic carbocycles. The van der Waals surface area contributed by atoms with Crippen molar-refractivity contribution in [3.63, 3.8) is 0 Å².